The third-order valence-corrected chi connectivity index (χ3v) is 7.23. The van der Waals surface area contributed by atoms with Crippen LogP contribution in [-0.2, 0) is 11.8 Å². The van der Waals surface area contributed by atoms with Gasteiger partial charge in [-0.1, -0.05) is 0 Å². The van der Waals surface area contributed by atoms with E-state index in [1.54, 1.807) is 7.05 Å². The summed E-state index contributed by atoms with van der Waals surface area (Å²) in [6.45, 7) is -0.0732. The summed E-state index contributed by atoms with van der Waals surface area (Å²) in [5.74, 6) is -2.73. The molecular formula is C23H24F3N5O4S. The summed E-state index contributed by atoms with van der Waals surface area (Å²) >= 11 is 0.891. The van der Waals surface area contributed by atoms with Crippen molar-refractivity contribution in [2.45, 2.75) is 43.7 Å². The zero-order valence-electron chi connectivity index (χ0n) is 19.2. The van der Waals surface area contributed by atoms with Gasteiger partial charge in [0.1, 0.15) is 28.8 Å². The number of thiazole rings is 1. The van der Waals surface area contributed by atoms with Crippen LogP contribution in [0, 0.1) is 11.6 Å². The Hall–Kier alpha value is -3.00. The van der Waals surface area contributed by atoms with Gasteiger partial charge in [0.15, 0.2) is 11.6 Å². The second kappa shape index (κ2) is 9.81. The zero-order valence-corrected chi connectivity index (χ0v) is 20.0. The number of aliphatic hydroxyl groups excluding tert-OH is 1. The van der Waals surface area contributed by atoms with Crippen LogP contribution in [0.1, 0.15) is 53.2 Å². The fourth-order valence-corrected chi connectivity index (χ4v) is 5.24. The number of alkyl halides is 1. The summed E-state index contributed by atoms with van der Waals surface area (Å²) in [6.07, 6.45) is -0.324. The highest BCUT2D eigenvalue weighted by molar-refractivity contribution is 7.13. The lowest BCUT2D eigenvalue weighted by atomic mass is 10.00. The van der Waals surface area contributed by atoms with Crippen molar-refractivity contribution < 1.29 is 32.5 Å². The first-order valence-electron chi connectivity index (χ1n) is 11.4. The van der Waals surface area contributed by atoms with Crippen LogP contribution in [0.2, 0.25) is 0 Å². The molecule has 0 unspecified atom stereocenters. The summed E-state index contributed by atoms with van der Waals surface area (Å²) in [4.78, 5) is 17.1. The molecule has 1 fully saturated rings. The van der Waals surface area contributed by atoms with E-state index in [2.05, 4.69) is 15.4 Å². The Morgan fingerprint density at radius 2 is 2.14 bits per heavy atom. The number of anilines is 1. The third kappa shape index (κ3) is 4.47. The molecule has 0 radical (unpaired) electrons. The van der Waals surface area contributed by atoms with Crippen molar-refractivity contribution in [1.82, 2.24) is 14.8 Å². The highest BCUT2D eigenvalue weighted by Crippen LogP contribution is 2.41. The molecular weight excluding hydrogens is 499 g/mol. The first-order valence-corrected chi connectivity index (χ1v) is 12.3. The molecule has 1 saturated heterocycles. The van der Waals surface area contributed by atoms with E-state index in [-0.39, 0.29) is 41.6 Å². The molecule has 9 nitrogen and oxygen atoms in total. The second-order valence-corrected chi connectivity index (χ2v) is 9.62. The molecule has 2 aliphatic heterocycles. The number of rotatable bonds is 4. The van der Waals surface area contributed by atoms with Crippen molar-refractivity contribution in [2.75, 3.05) is 18.5 Å². The molecule has 13 heteroatoms. The van der Waals surface area contributed by atoms with Crippen LogP contribution in [-0.4, -0.2) is 51.2 Å². The molecule has 3 aromatic rings. The van der Waals surface area contributed by atoms with Crippen molar-refractivity contribution in [2.24, 2.45) is 12.8 Å². The van der Waals surface area contributed by atoms with E-state index in [1.807, 2.05) is 0 Å². The number of aryl methyl sites for hydroxylation is 1. The molecule has 5 rings (SSSR count). The van der Waals surface area contributed by atoms with Crippen LogP contribution in [0.15, 0.2) is 17.6 Å². The van der Waals surface area contributed by atoms with Crippen LogP contribution >= 0.6 is 11.3 Å². The van der Waals surface area contributed by atoms with Crippen LogP contribution in [0.4, 0.5) is 18.9 Å². The summed E-state index contributed by atoms with van der Waals surface area (Å²) in [5.41, 5.74) is 6.26. The summed E-state index contributed by atoms with van der Waals surface area (Å²) in [7, 11) is 1.67. The molecule has 1 aromatic carbocycles. The van der Waals surface area contributed by atoms with E-state index in [1.165, 1.54) is 16.3 Å². The van der Waals surface area contributed by atoms with Crippen LogP contribution in [0.25, 0.3) is 10.6 Å². The molecule has 4 heterocycles. The molecule has 1 amide bonds. The van der Waals surface area contributed by atoms with Gasteiger partial charge in [0.05, 0.1) is 42.5 Å². The van der Waals surface area contributed by atoms with Crippen LogP contribution in [0.5, 0.6) is 5.75 Å². The smallest absolute Gasteiger partial charge is 0.275 e. The molecule has 2 aromatic heterocycles. The number of hydrogen-bond donors (Lipinski definition) is 3. The topological polar surface area (TPSA) is 125 Å². The van der Waals surface area contributed by atoms with E-state index in [4.69, 9.17) is 15.2 Å². The standard InChI is InChI=1S/C23H24F3N5O4S/c1-31-20(17-3-2-13(27)12(25)8-35-17)14(7-28-31)29-22(33)15-9-36-23(30-15)18-11(24)6-10-16(32)4-5-34-21(10)19(18)26/h6-7,9,12-13,16-17,32H,2-5,8,27H2,1H3,(H,29,33)/t12-,13-,16+,17+/m1/s1. The maximum absolute atomic E-state index is 15.1. The van der Waals surface area contributed by atoms with Gasteiger partial charge in [-0.15, -0.1) is 11.3 Å². The Labute approximate surface area is 208 Å². The van der Waals surface area contributed by atoms with Gasteiger partial charge in [-0.2, -0.15) is 5.10 Å². The van der Waals surface area contributed by atoms with Crippen molar-refractivity contribution >= 4 is 22.9 Å². The molecule has 36 heavy (non-hydrogen) atoms. The third-order valence-electron chi connectivity index (χ3n) is 6.37. The number of nitrogens with zero attached hydrogens (tertiary/aromatic N) is 3. The second-order valence-electron chi connectivity index (χ2n) is 8.76. The van der Waals surface area contributed by atoms with E-state index in [0.29, 0.717) is 24.2 Å². The van der Waals surface area contributed by atoms with Gasteiger partial charge < -0.3 is 25.6 Å². The summed E-state index contributed by atoms with van der Waals surface area (Å²) in [6, 6.07) is 0.397. The minimum Gasteiger partial charge on any atom is -0.490 e. The van der Waals surface area contributed by atoms with Gasteiger partial charge >= 0.3 is 0 Å². The Balaban J connectivity index is 1.38. The number of aromatic nitrogens is 3. The molecule has 4 atom stereocenters. The van der Waals surface area contributed by atoms with Crippen molar-refractivity contribution in [1.29, 1.82) is 0 Å². The lowest BCUT2D eigenvalue weighted by Gasteiger charge is -2.23. The quantitative estimate of drug-likeness (QED) is 0.479. The Morgan fingerprint density at radius 3 is 2.94 bits per heavy atom. The van der Waals surface area contributed by atoms with Gasteiger partial charge in [-0.25, -0.2) is 18.2 Å². The van der Waals surface area contributed by atoms with Gasteiger partial charge in [0.25, 0.3) is 5.91 Å². The number of hydrogen-bond acceptors (Lipinski definition) is 8. The molecule has 2 aliphatic rings. The van der Waals surface area contributed by atoms with Crippen molar-refractivity contribution in [3.63, 3.8) is 0 Å². The largest absolute Gasteiger partial charge is 0.490 e. The number of nitrogens with one attached hydrogen (secondary N) is 1. The van der Waals surface area contributed by atoms with Crippen LogP contribution < -0.4 is 15.8 Å². The Morgan fingerprint density at radius 1 is 1.33 bits per heavy atom. The summed E-state index contributed by atoms with van der Waals surface area (Å²) in [5, 5.41) is 18.2. The van der Waals surface area contributed by atoms with Gasteiger partial charge in [0.2, 0.25) is 0 Å². The average molecular weight is 524 g/mol. The van der Waals surface area contributed by atoms with Gasteiger partial charge in [0, 0.05) is 30.5 Å². The number of carbonyl (C=O) groups is 1. The van der Waals surface area contributed by atoms with E-state index in [9.17, 15) is 18.7 Å². The van der Waals surface area contributed by atoms with Crippen molar-refractivity contribution in [3.8, 4) is 16.3 Å². The van der Waals surface area contributed by atoms with E-state index < -0.39 is 47.5 Å². The molecule has 0 bridgehead atoms. The fourth-order valence-electron chi connectivity index (χ4n) is 4.40. The number of aliphatic hydroxyl groups is 1. The maximum Gasteiger partial charge on any atom is 0.275 e. The lowest BCUT2D eigenvalue weighted by Crippen LogP contribution is -2.32. The average Bonchev–Trinajstić information content (AvgIpc) is 3.43. The highest BCUT2D eigenvalue weighted by atomic mass is 32.1. The van der Waals surface area contributed by atoms with E-state index >= 15 is 4.39 Å². The lowest BCUT2D eigenvalue weighted by molar-refractivity contribution is 0.0247. The highest BCUT2D eigenvalue weighted by Gasteiger charge is 2.31. The zero-order chi connectivity index (χ0) is 25.6. The monoisotopic (exact) mass is 523 g/mol. The number of fused-ring (bicyclic) bond motifs is 1. The number of nitrogens with two attached hydrogens (primary N) is 1. The Bertz CT molecular complexity index is 1290. The number of carbonyl (C=O) groups excluding carboxylic acids is 1. The van der Waals surface area contributed by atoms with Gasteiger partial charge in [-0.05, 0) is 18.9 Å². The number of halogens is 3. The summed E-state index contributed by atoms with van der Waals surface area (Å²) < 4.78 is 56.4. The number of amides is 1. The molecule has 192 valence electrons. The Kier molecular flexibility index (Phi) is 6.72. The number of benzene rings is 1. The predicted molar refractivity (Wildman–Crippen MR) is 124 cm³/mol. The molecule has 0 aliphatic carbocycles. The molecule has 0 spiro atoms. The normalized spacial score (nSPS) is 24.1. The first-order chi connectivity index (χ1) is 17.2. The van der Waals surface area contributed by atoms with Crippen LogP contribution in [0.3, 0.4) is 0 Å². The minimum atomic E-state index is -1.28. The minimum absolute atomic E-state index is 0.0411. The predicted octanol–water partition coefficient (Wildman–Crippen LogP) is 3.41. The number of ether oxygens (including phenoxy) is 2. The molecule has 4 N–H and O–H groups in total. The molecule has 0 saturated carbocycles. The first kappa shape index (κ1) is 24.7. The fraction of sp³-hybridized carbons (Fsp3) is 0.435. The van der Waals surface area contributed by atoms with Crippen molar-refractivity contribution in [3.05, 3.63) is 46.2 Å². The van der Waals surface area contributed by atoms with Gasteiger partial charge in [-0.3, -0.25) is 9.48 Å². The van der Waals surface area contributed by atoms with E-state index in [0.717, 1.165) is 17.4 Å². The maximum atomic E-state index is 15.1. The SMILES string of the molecule is Cn1ncc(NC(=O)c2csc(-c3c(F)cc4c(c3F)OCC[C@@H]4O)n2)c1[C@@H]1CC[C@@H](N)[C@H](F)CO1.